The molecule has 2 aromatic rings. The van der Waals surface area contributed by atoms with Crippen molar-refractivity contribution in [3.05, 3.63) is 53.6 Å². The molecular weight excluding hydrogens is 583 g/mol. The second-order valence-corrected chi connectivity index (χ2v) is 13.0. The molecule has 42 heavy (non-hydrogen) atoms. The van der Waals surface area contributed by atoms with Crippen molar-refractivity contribution in [2.45, 2.75) is 54.2 Å². The fourth-order valence-corrected chi connectivity index (χ4v) is 8.67. The quantitative estimate of drug-likeness (QED) is 0.207. The molecule has 4 amide bonds. The van der Waals surface area contributed by atoms with E-state index in [1.165, 1.54) is 18.0 Å². The van der Waals surface area contributed by atoms with Gasteiger partial charge in [0.05, 0.1) is 11.8 Å². The smallest absolute Gasteiger partial charge is 0.303 e. The van der Waals surface area contributed by atoms with Crippen LogP contribution in [0.1, 0.15) is 50.0 Å². The summed E-state index contributed by atoms with van der Waals surface area (Å²) in [5, 5.41) is 20.7. The van der Waals surface area contributed by atoms with Crippen LogP contribution in [0, 0.1) is 17.8 Å². The van der Waals surface area contributed by atoms with Gasteiger partial charge in [0.2, 0.25) is 11.8 Å². The minimum Gasteiger partial charge on any atom is -0.507 e. The third-order valence-corrected chi connectivity index (χ3v) is 11.0. The van der Waals surface area contributed by atoms with Gasteiger partial charge in [-0.15, -0.1) is 23.2 Å². The van der Waals surface area contributed by atoms with E-state index in [9.17, 15) is 29.1 Å². The third kappa shape index (κ3) is 3.85. The first-order valence-corrected chi connectivity index (χ1v) is 14.9. The van der Waals surface area contributed by atoms with Gasteiger partial charge in [0.25, 0.3) is 11.8 Å². The summed E-state index contributed by atoms with van der Waals surface area (Å²) in [6, 6.07) is 10.3. The van der Waals surface area contributed by atoms with Gasteiger partial charge in [-0.05, 0) is 48.6 Å². The Morgan fingerprint density at radius 3 is 2.38 bits per heavy atom. The highest BCUT2D eigenvalue weighted by Crippen LogP contribution is 2.65. The number of alkyl halides is 2. The monoisotopic (exact) mass is 612 g/mol. The number of fused-ring (bicyclic) bond motifs is 5. The number of carboxylic acids is 1. The molecule has 2 saturated heterocycles. The van der Waals surface area contributed by atoms with Crippen molar-refractivity contribution < 1.29 is 34.2 Å². The number of likely N-dealkylation sites (tertiary alicyclic amines) is 2. The van der Waals surface area contributed by atoms with Gasteiger partial charge in [0.15, 0.2) is 9.75 Å². The number of amides is 4. The second-order valence-electron chi connectivity index (χ2n) is 11.7. The molecule has 0 unspecified atom stereocenters. The number of hydrogen-bond donors (Lipinski definition) is 2. The molecule has 2 aromatic carbocycles. The van der Waals surface area contributed by atoms with Crippen LogP contribution < -0.4 is 0 Å². The Bertz CT molecular complexity index is 1590. The van der Waals surface area contributed by atoms with Gasteiger partial charge >= 0.3 is 5.97 Å². The lowest BCUT2D eigenvalue weighted by atomic mass is 9.56. The molecule has 1 saturated carbocycles. The van der Waals surface area contributed by atoms with E-state index < -0.39 is 51.2 Å². The highest BCUT2D eigenvalue weighted by Gasteiger charge is 2.76. The molecule has 9 nitrogen and oxygen atoms in total. The lowest BCUT2D eigenvalue weighted by Gasteiger charge is -2.51. The summed E-state index contributed by atoms with van der Waals surface area (Å²) in [5.41, 5.74) is 1.29. The fourth-order valence-electron chi connectivity index (χ4n) is 7.66. The van der Waals surface area contributed by atoms with Crippen molar-refractivity contribution in [3.63, 3.8) is 0 Å². The number of aromatic hydroxyl groups is 1. The number of imide groups is 2. The van der Waals surface area contributed by atoms with Crippen LogP contribution in [-0.2, 0) is 24.0 Å². The Morgan fingerprint density at radius 2 is 1.67 bits per heavy atom. The van der Waals surface area contributed by atoms with Crippen LogP contribution >= 0.6 is 23.2 Å². The van der Waals surface area contributed by atoms with Crippen LogP contribution in [0.25, 0.3) is 10.8 Å². The number of allylic oxidation sites excluding steroid dienone is 2. The fraction of sp³-hybridized carbons (Fsp3) is 0.452. The number of unbranched alkanes of at least 4 members (excludes halogenated alkanes) is 2. The topological polar surface area (TPSA) is 132 Å². The third-order valence-electron chi connectivity index (χ3n) is 9.62. The lowest BCUT2D eigenvalue weighted by molar-refractivity contribution is -0.141. The zero-order valence-electron chi connectivity index (χ0n) is 22.9. The van der Waals surface area contributed by atoms with Crippen LogP contribution in [0.15, 0.2) is 48.0 Å². The maximum atomic E-state index is 13.9. The molecule has 2 aliphatic carbocycles. The minimum atomic E-state index is -1.90. The predicted molar refractivity (Wildman–Crippen MR) is 154 cm³/mol. The number of halogens is 2. The van der Waals surface area contributed by atoms with E-state index in [4.69, 9.17) is 28.3 Å². The molecule has 2 N–H and O–H groups in total. The molecule has 2 aliphatic heterocycles. The average molecular weight is 613 g/mol. The van der Waals surface area contributed by atoms with Gasteiger partial charge in [0, 0.05) is 31.3 Å². The maximum absolute atomic E-state index is 13.9. The van der Waals surface area contributed by atoms with Gasteiger partial charge in [-0.2, -0.15) is 0 Å². The van der Waals surface area contributed by atoms with Crippen molar-refractivity contribution in [1.82, 2.24) is 9.80 Å². The number of carboxylic acid groups (broad SMARTS) is 1. The number of phenolic OH excluding ortho intramolecular Hbond substituents is 1. The highest BCUT2D eigenvalue weighted by molar-refractivity contribution is 6.53. The first-order chi connectivity index (χ1) is 19.9. The van der Waals surface area contributed by atoms with E-state index in [2.05, 4.69) is 0 Å². The molecule has 11 heteroatoms. The predicted octanol–water partition coefficient (Wildman–Crippen LogP) is 4.18. The molecule has 6 atom stereocenters. The molecule has 0 aromatic heterocycles. The van der Waals surface area contributed by atoms with Crippen LogP contribution in [0.2, 0.25) is 0 Å². The summed E-state index contributed by atoms with van der Waals surface area (Å²) >= 11 is 14.5. The Balaban J connectivity index is 1.44. The molecule has 0 radical (unpaired) electrons. The summed E-state index contributed by atoms with van der Waals surface area (Å²) < 4.78 is 0. The summed E-state index contributed by atoms with van der Waals surface area (Å²) in [4.78, 5) is 64.0. The number of aliphatic carboxylic acids is 1. The van der Waals surface area contributed by atoms with Gasteiger partial charge in [-0.25, -0.2) is 0 Å². The molecule has 0 bridgehead atoms. The maximum Gasteiger partial charge on any atom is 0.303 e. The van der Waals surface area contributed by atoms with Gasteiger partial charge in [-0.1, -0.05) is 48.4 Å². The number of rotatable bonds is 7. The Labute approximate surface area is 252 Å². The lowest BCUT2D eigenvalue weighted by Crippen LogP contribution is -2.60. The van der Waals surface area contributed by atoms with Crippen LogP contribution in [0.3, 0.4) is 0 Å². The second kappa shape index (κ2) is 10.1. The van der Waals surface area contributed by atoms with E-state index >= 15 is 0 Å². The zero-order chi connectivity index (χ0) is 30.1. The molecule has 0 spiro atoms. The van der Waals surface area contributed by atoms with E-state index in [0.29, 0.717) is 41.2 Å². The van der Waals surface area contributed by atoms with Gasteiger partial charge < -0.3 is 10.2 Å². The SMILES string of the molecule is CN1C(=O)[C@]2(Cl)C[C@@H]3C(=CC[C@@H]4C(=O)N(CCCCCC(=O)O)C(=O)[C@@H]43)[C@H](c3ccc(O)c4ccccc34)[C@]2(Cl)C1=O. The first kappa shape index (κ1) is 28.7. The molecule has 2 heterocycles. The van der Waals surface area contributed by atoms with Crippen molar-refractivity contribution in [3.8, 4) is 5.75 Å². The molecule has 3 fully saturated rings. The normalized spacial score (nSPS) is 32.2. The Kier molecular flexibility index (Phi) is 6.89. The number of carbonyl (C=O) groups is 5. The highest BCUT2D eigenvalue weighted by atomic mass is 35.5. The van der Waals surface area contributed by atoms with E-state index in [1.807, 2.05) is 6.08 Å². The van der Waals surface area contributed by atoms with Gasteiger partial charge in [0.1, 0.15) is 5.75 Å². The minimum absolute atomic E-state index is 0.0228. The van der Waals surface area contributed by atoms with Gasteiger partial charge in [-0.3, -0.25) is 33.8 Å². The average Bonchev–Trinajstić information content (AvgIpc) is 3.28. The molecule has 4 aliphatic rings. The van der Waals surface area contributed by atoms with Crippen molar-refractivity contribution in [2.24, 2.45) is 17.8 Å². The Morgan fingerprint density at radius 1 is 0.952 bits per heavy atom. The Hall–Kier alpha value is -3.43. The van der Waals surface area contributed by atoms with E-state index in [1.54, 1.807) is 30.3 Å². The summed E-state index contributed by atoms with van der Waals surface area (Å²) in [6.07, 6.45) is 3.58. The van der Waals surface area contributed by atoms with Crippen LogP contribution in [-0.4, -0.2) is 73.0 Å². The standard InChI is InChI=1S/C31H30Cl2N2O7/c1-34-28(41)30(32)15-21-19(10-11-20-24(21)27(40)35(26(20)39)14-6-2-3-9-23(37)38)25(31(30,33)29(34)42)18-12-13-22(36)17-8-5-4-7-16(17)18/h4-5,7-8,10,12-13,20-21,24-25,36H,2-3,6,9,11,14-15H2,1H3,(H,37,38)/t20-,21+,24-,25-,30+,31-/m0/s1. The summed E-state index contributed by atoms with van der Waals surface area (Å²) in [6.45, 7) is 0.185. The summed E-state index contributed by atoms with van der Waals surface area (Å²) in [7, 11) is 1.35. The first-order valence-electron chi connectivity index (χ1n) is 14.1. The molecule has 220 valence electrons. The van der Waals surface area contributed by atoms with Crippen molar-refractivity contribution in [2.75, 3.05) is 13.6 Å². The summed E-state index contributed by atoms with van der Waals surface area (Å²) in [5.74, 6) is -5.70. The van der Waals surface area contributed by atoms with E-state index in [-0.39, 0.29) is 43.4 Å². The van der Waals surface area contributed by atoms with Crippen LogP contribution in [0.5, 0.6) is 5.75 Å². The van der Waals surface area contributed by atoms with Crippen LogP contribution in [0.4, 0.5) is 0 Å². The number of benzene rings is 2. The number of phenols is 1. The largest absolute Gasteiger partial charge is 0.507 e. The van der Waals surface area contributed by atoms with E-state index in [0.717, 1.165) is 4.90 Å². The number of carbonyl (C=O) groups excluding carboxylic acids is 4. The van der Waals surface area contributed by atoms with Crippen molar-refractivity contribution >= 4 is 63.6 Å². The van der Waals surface area contributed by atoms with Crippen molar-refractivity contribution in [1.29, 1.82) is 0 Å². The zero-order valence-corrected chi connectivity index (χ0v) is 24.4. The molecular formula is C31H30Cl2N2O7. The molecule has 6 rings (SSSR count). The number of hydrogen-bond acceptors (Lipinski definition) is 6. The number of nitrogens with zero attached hydrogens (tertiary/aromatic N) is 2.